The molecule has 0 saturated carbocycles. The number of anilines is 2. The summed E-state index contributed by atoms with van der Waals surface area (Å²) in [5, 5.41) is 69.7. The number of halogens is 4. The second kappa shape index (κ2) is 22.2. The Bertz CT molecular complexity index is 3690. The number of benzene rings is 7. The van der Waals surface area contributed by atoms with Crippen LogP contribution in [0.25, 0.3) is 21.5 Å². The molecule has 0 atom stereocenters. The standard InChI is InChI=1S/C42H28Cl4N6O16S4/c1-17-9-29(50-52-38-33(72(62,63)64)13-19-10-22(69-67-65-57)15-30(34(19)40(38)54)47-41(55)24-4-3-5-27(45)36(24)46)18(2)8-28(17)49-51-37-32(70-68-66-58)12-20-11-23(71(59,60)61)16-31(35(20)39(37)53)48-42(56)25-14-21(43)6-7-26(25)44/h3-16,53-54,57-58H,1-2H3,(H,47,55)(H,48,56)(H,59,60,61)(H,62,63,64). The molecule has 7 rings (SSSR count). The largest absolute Gasteiger partial charge is 0.505 e. The third-order valence-electron chi connectivity index (χ3n) is 10.0. The van der Waals surface area contributed by atoms with E-state index < -0.39 is 59.0 Å². The van der Waals surface area contributed by atoms with E-state index in [0.717, 1.165) is 18.2 Å². The summed E-state index contributed by atoms with van der Waals surface area (Å²) in [6.07, 6.45) is 0. The van der Waals surface area contributed by atoms with Gasteiger partial charge in [-0.1, -0.05) is 62.5 Å². The van der Waals surface area contributed by atoms with Crippen LogP contribution in [-0.2, 0) is 39.0 Å². The number of phenolic OH excluding ortho intramolecular Hbond substituents is 2. The molecule has 0 bridgehead atoms. The van der Waals surface area contributed by atoms with Gasteiger partial charge in [0.25, 0.3) is 32.1 Å². The minimum atomic E-state index is -5.18. The molecule has 22 nitrogen and oxygen atoms in total. The van der Waals surface area contributed by atoms with E-state index >= 15 is 0 Å². The number of nitrogens with zero attached hydrogens (tertiary/aromatic N) is 4. The number of carbonyl (C=O) groups excluding carboxylic acids is 2. The van der Waals surface area contributed by atoms with Crippen LogP contribution in [0.1, 0.15) is 31.8 Å². The summed E-state index contributed by atoms with van der Waals surface area (Å²) < 4.78 is 79.7. The van der Waals surface area contributed by atoms with Gasteiger partial charge < -0.3 is 20.8 Å². The number of hydrogen-bond acceptors (Lipinski definition) is 20. The van der Waals surface area contributed by atoms with Crippen molar-refractivity contribution in [1.82, 2.24) is 0 Å². The molecule has 30 heteroatoms. The monoisotopic (exact) mass is 1140 g/mol. The number of hydrogen-bond donors (Lipinski definition) is 8. The SMILES string of the molecule is Cc1cc(N=Nc2c(S(=O)(=O)O)cc3cc(SOOO)cc(NC(=O)c4cccc(Cl)c4Cl)c3c2O)c(C)cc1N=Nc1c(SOOO)cc2cc(S(=O)(=O)O)cc(NC(=O)c3cc(Cl)ccc3Cl)c2c1O. The average Bonchev–Trinajstić information content (AvgIpc) is 3.31. The Labute approximate surface area is 433 Å². The number of fused-ring (bicyclic) bond motifs is 2. The maximum absolute atomic E-state index is 13.5. The lowest BCUT2D eigenvalue weighted by molar-refractivity contribution is -0.432. The Hall–Kier alpha value is -5.76. The van der Waals surface area contributed by atoms with Crippen LogP contribution in [0.4, 0.5) is 34.1 Å². The van der Waals surface area contributed by atoms with Gasteiger partial charge in [-0.3, -0.25) is 18.7 Å². The maximum atomic E-state index is 13.5. The molecule has 0 unspecified atom stereocenters. The van der Waals surface area contributed by atoms with Gasteiger partial charge in [-0.15, -0.1) is 18.9 Å². The van der Waals surface area contributed by atoms with Gasteiger partial charge in [0.2, 0.25) is 0 Å². The first-order valence-electron chi connectivity index (χ1n) is 19.4. The highest BCUT2D eigenvalue weighted by molar-refractivity contribution is 7.95. The molecule has 8 N–H and O–H groups in total. The van der Waals surface area contributed by atoms with Crippen LogP contribution in [0, 0.1) is 13.8 Å². The molecule has 0 aliphatic heterocycles. The van der Waals surface area contributed by atoms with E-state index in [1.807, 2.05) is 0 Å². The molecule has 0 spiro atoms. The van der Waals surface area contributed by atoms with Gasteiger partial charge in [-0.25, -0.2) is 10.5 Å². The van der Waals surface area contributed by atoms with Crippen molar-refractivity contribution < 1.29 is 75.0 Å². The molecule has 2 amide bonds. The molecule has 7 aromatic carbocycles. The summed E-state index contributed by atoms with van der Waals surface area (Å²) in [7, 11) is -10.1. The lowest BCUT2D eigenvalue weighted by Crippen LogP contribution is -2.13. The summed E-state index contributed by atoms with van der Waals surface area (Å²) in [6, 6.07) is 17.6. The molecule has 7 aromatic rings. The summed E-state index contributed by atoms with van der Waals surface area (Å²) in [5.41, 5.74) is -1.05. The Balaban J connectivity index is 1.30. The minimum Gasteiger partial charge on any atom is -0.505 e. The predicted molar refractivity (Wildman–Crippen MR) is 265 cm³/mol. The van der Waals surface area contributed by atoms with Crippen LogP contribution in [0.15, 0.2) is 125 Å². The van der Waals surface area contributed by atoms with Gasteiger partial charge in [0.05, 0.1) is 82.8 Å². The zero-order chi connectivity index (χ0) is 52.4. The number of nitrogens with one attached hydrogen (secondary N) is 2. The van der Waals surface area contributed by atoms with Crippen molar-refractivity contribution in [1.29, 1.82) is 0 Å². The van der Waals surface area contributed by atoms with Crippen LogP contribution in [0.3, 0.4) is 0 Å². The number of aromatic hydroxyl groups is 2. The Morgan fingerprint density at radius 3 is 1.79 bits per heavy atom. The third kappa shape index (κ3) is 11.9. The second-order valence-corrected chi connectivity index (χ2v) is 20.6. The first-order valence-corrected chi connectivity index (χ1v) is 25.3. The molecule has 0 heterocycles. The normalized spacial score (nSPS) is 12.1. The highest BCUT2D eigenvalue weighted by Crippen LogP contribution is 2.49. The number of carbonyl (C=O) groups is 2. The highest BCUT2D eigenvalue weighted by Gasteiger charge is 2.27. The molecular weight excluding hydrogens is 1110 g/mol. The summed E-state index contributed by atoms with van der Waals surface area (Å²) >= 11 is 25.4. The van der Waals surface area contributed by atoms with Crippen LogP contribution in [0.2, 0.25) is 20.1 Å². The number of aryl methyl sites for hydroxylation is 2. The van der Waals surface area contributed by atoms with E-state index in [9.17, 15) is 45.7 Å². The van der Waals surface area contributed by atoms with E-state index in [4.69, 9.17) is 56.9 Å². The smallest absolute Gasteiger partial charge is 0.296 e. The first-order chi connectivity index (χ1) is 34.0. The molecule has 0 radical (unpaired) electrons. The molecular formula is C42H28Cl4N6O16S4. The van der Waals surface area contributed by atoms with Crippen molar-refractivity contribution >= 4 is 158 Å². The zero-order valence-electron chi connectivity index (χ0n) is 35.8. The topological polar surface area (TPSA) is 334 Å². The van der Waals surface area contributed by atoms with Crippen molar-refractivity contribution in [2.24, 2.45) is 20.5 Å². The summed E-state index contributed by atoms with van der Waals surface area (Å²) in [6.45, 7) is 3.09. The quantitative estimate of drug-likeness (QED) is 0.0146. The van der Waals surface area contributed by atoms with Crippen LogP contribution in [0.5, 0.6) is 11.5 Å². The Kier molecular flexibility index (Phi) is 16.6. The number of rotatable bonds is 16. The first kappa shape index (κ1) is 54.0. The van der Waals surface area contributed by atoms with E-state index in [-0.39, 0.29) is 91.0 Å². The number of amides is 2. The summed E-state index contributed by atoms with van der Waals surface area (Å²) in [4.78, 5) is 25.2. The van der Waals surface area contributed by atoms with Crippen molar-refractivity contribution in [2.75, 3.05) is 10.6 Å². The number of phenols is 2. The van der Waals surface area contributed by atoms with Crippen LogP contribution < -0.4 is 10.6 Å². The van der Waals surface area contributed by atoms with Crippen molar-refractivity contribution in [3.8, 4) is 11.5 Å². The van der Waals surface area contributed by atoms with E-state index in [2.05, 4.69) is 49.8 Å². The highest BCUT2D eigenvalue weighted by atomic mass is 35.5. The minimum absolute atomic E-state index is 0.0338. The molecule has 0 aliphatic rings. The molecule has 0 aliphatic carbocycles. The fraction of sp³-hybridized carbons (Fsp3) is 0.0476. The molecule has 0 fully saturated rings. The molecule has 0 saturated heterocycles. The van der Waals surface area contributed by atoms with Crippen molar-refractivity contribution in [2.45, 2.75) is 33.4 Å². The van der Waals surface area contributed by atoms with Gasteiger partial charge in [0.15, 0.2) is 11.5 Å². The van der Waals surface area contributed by atoms with Crippen LogP contribution >= 0.6 is 70.5 Å². The lowest BCUT2D eigenvalue weighted by Gasteiger charge is -2.15. The predicted octanol–water partition coefficient (Wildman–Crippen LogP) is 13.3. The van der Waals surface area contributed by atoms with Gasteiger partial charge in [-0.2, -0.15) is 27.1 Å². The number of azo groups is 2. The van der Waals surface area contributed by atoms with E-state index in [1.54, 1.807) is 6.92 Å². The zero-order valence-corrected chi connectivity index (χ0v) is 42.1. The van der Waals surface area contributed by atoms with Gasteiger partial charge >= 0.3 is 0 Å². The average molecular weight is 1140 g/mol. The van der Waals surface area contributed by atoms with Gasteiger partial charge in [-0.05, 0) is 115 Å². The Morgan fingerprint density at radius 1 is 0.611 bits per heavy atom. The molecule has 72 heavy (non-hydrogen) atoms. The van der Waals surface area contributed by atoms with E-state index in [1.165, 1.54) is 73.7 Å². The van der Waals surface area contributed by atoms with Crippen LogP contribution in [-0.4, -0.2) is 58.5 Å². The van der Waals surface area contributed by atoms with Gasteiger partial charge in [0, 0.05) is 20.7 Å². The maximum Gasteiger partial charge on any atom is 0.296 e. The van der Waals surface area contributed by atoms with E-state index in [0.29, 0.717) is 35.2 Å². The van der Waals surface area contributed by atoms with Gasteiger partial charge in [0.1, 0.15) is 16.3 Å². The van der Waals surface area contributed by atoms with Crippen molar-refractivity contribution in [3.05, 3.63) is 127 Å². The fourth-order valence-corrected chi connectivity index (χ4v) is 9.72. The molecule has 374 valence electrons. The lowest BCUT2D eigenvalue weighted by atomic mass is 10.1. The fourth-order valence-electron chi connectivity index (χ4n) is 6.81. The second-order valence-electron chi connectivity index (χ2n) is 14.6. The van der Waals surface area contributed by atoms with Crippen molar-refractivity contribution in [3.63, 3.8) is 0 Å². The molecule has 0 aromatic heterocycles. The third-order valence-corrected chi connectivity index (χ3v) is 14.3. The Morgan fingerprint density at radius 2 is 1.18 bits per heavy atom. The summed E-state index contributed by atoms with van der Waals surface area (Å²) in [5.74, 6) is -3.32.